The van der Waals surface area contributed by atoms with E-state index < -0.39 is 30.1 Å². The Hall–Kier alpha value is -2.38. The van der Waals surface area contributed by atoms with Gasteiger partial charge in [-0.3, -0.25) is 5.32 Å². The summed E-state index contributed by atoms with van der Waals surface area (Å²) in [7, 11) is 0. The third kappa shape index (κ3) is 6.31. The van der Waals surface area contributed by atoms with Crippen molar-refractivity contribution in [2.24, 2.45) is 0 Å². The SMILES string of the molecule is CC(C)(C)OC(=O)N1CCC(c2ccc(NC(=O)OC3CCCC(F)(F)C3)cc2)C1. The minimum Gasteiger partial charge on any atom is -0.446 e. The van der Waals surface area contributed by atoms with Crippen molar-refractivity contribution in [2.75, 3.05) is 18.4 Å². The third-order valence-corrected chi connectivity index (χ3v) is 5.34. The number of rotatable bonds is 3. The number of amides is 2. The first-order chi connectivity index (χ1) is 14.0. The minimum absolute atomic E-state index is 0.150. The van der Waals surface area contributed by atoms with Gasteiger partial charge in [0.15, 0.2) is 0 Å². The van der Waals surface area contributed by atoms with Crippen LogP contribution < -0.4 is 5.32 Å². The van der Waals surface area contributed by atoms with Gasteiger partial charge in [0.05, 0.1) is 0 Å². The molecule has 6 nitrogen and oxygen atoms in total. The lowest BCUT2D eigenvalue weighted by molar-refractivity contribution is -0.0767. The largest absolute Gasteiger partial charge is 0.446 e. The fraction of sp³-hybridized carbons (Fsp3) is 0.636. The molecule has 2 fully saturated rings. The van der Waals surface area contributed by atoms with Crippen LogP contribution in [0.5, 0.6) is 0 Å². The molecule has 1 saturated carbocycles. The summed E-state index contributed by atoms with van der Waals surface area (Å²) in [5, 5.41) is 2.60. The summed E-state index contributed by atoms with van der Waals surface area (Å²) in [6.07, 6.45) is -0.715. The van der Waals surface area contributed by atoms with Gasteiger partial charge in [0.1, 0.15) is 11.7 Å². The smallest absolute Gasteiger partial charge is 0.411 e. The quantitative estimate of drug-likeness (QED) is 0.692. The molecular weight excluding hydrogens is 394 g/mol. The number of anilines is 1. The molecule has 2 atom stereocenters. The summed E-state index contributed by atoms with van der Waals surface area (Å²) in [5.74, 6) is -2.57. The summed E-state index contributed by atoms with van der Waals surface area (Å²) in [6.45, 7) is 6.75. The van der Waals surface area contributed by atoms with Crippen LogP contribution >= 0.6 is 0 Å². The number of hydrogen-bond acceptors (Lipinski definition) is 4. The first-order valence-electron chi connectivity index (χ1n) is 10.4. The van der Waals surface area contributed by atoms with Crippen molar-refractivity contribution >= 4 is 17.9 Å². The lowest BCUT2D eigenvalue weighted by Gasteiger charge is -2.28. The second-order valence-corrected chi connectivity index (χ2v) is 9.14. The maximum Gasteiger partial charge on any atom is 0.411 e. The molecule has 30 heavy (non-hydrogen) atoms. The van der Waals surface area contributed by atoms with Crippen LogP contribution in [0.1, 0.15) is 64.4 Å². The van der Waals surface area contributed by atoms with Gasteiger partial charge in [0, 0.05) is 37.5 Å². The summed E-state index contributed by atoms with van der Waals surface area (Å²) in [6, 6.07) is 7.30. The van der Waals surface area contributed by atoms with E-state index in [0.29, 0.717) is 31.6 Å². The number of ether oxygens (including phenoxy) is 2. The van der Waals surface area contributed by atoms with Gasteiger partial charge in [0.25, 0.3) is 5.92 Å². The molecule has 2 unspecified atom stereocenters. The number of nitrogens with one attached hydrogen (secondary N) is 1. The molecule has 166 valence electrons. The van der Waals surface area contributed by atoms with Gasteiger partial charge < -0.3 is 14.4 Å². The van der Waals surface area contributed by atoms with Crippen molar-refractivity contribution in [1.29, 1.82) is 0 Å². The normalized spacial score (nSPS) is 23.7. The molecule has 2 amide bonds. The lowest BCUT2D eigenvalue weighted by Crippen LogP contribution is -2.35. The zero-order chi connectivity index (χ0) is 21.9. The summed E-state index contributed by atoms with van der Waals surface area (Å²) < 4.78 is 37.5. The van der Waals surface area contributed by atoms with E-state index in [-0.39, 0.29) is 18.4 Å². The Morgan fingerprint density at radius 2 is 1.87 bits per heavy atom. The van der Waals surface area contributed by atoms with Crippen molar-refractivity contribution < 1.29 is 27.8 Å². The van der Waals surface area contributed by atoms with Crippen LogP contribution in [0.3, 0.4) is 0 Å². The molecule has 1 aromatic rings. The molecule has 1 heterocycles. The molecule has 1 aliphatic heterocycles. The van der Waals surface area contributed by atoms with Crippen LogP contribution in [0, 0.1) is 0 Å². The Kier molecular flexibility index (Phi) is 6.53. The molecule has 0 bridgehead atoms. The number of carbonyl (C=O) groups excluding carboxylic acids is 2. The molecule has 0 aromatic heterocycles. The molecule has 3 rings (SSSR count). The van der Waals surface area contributed by atoms with Gasteiger partial charge in [-0.05, 0) is 57.7 Å². The van der Waals surface area contributed by atoms with Crippen molar-refractivity contribution in [3.8, 4) is 0 Å². The maximum atomic E-state index is 13.4. The van der Waals surface area contributed by atoms with E-state index in [0.717, 1.165) is 12.0 Å². The van der Waals surface area contributed by atoms with Crippen LogP contribution in [0.4, 0.5) is 24.1 Å². The fourth-order valence-corrected chi connectivity index (χ4v) is 3.89. The highest BCUT2D eigenvalue weighted by atomic mass is 19.3. The van der Waals surface area contributed by atoms with Crippen LogP contribution in [0.25, 0.3) is 0 Å². The monoisotopic (exact) mass is 424 g/mol. The Labute approximate surface area is 175 Å². The second-order valence-electron chi connectivity index (χ2n) is 9.14. The number of hydrogen-bond donors (Lipinski definition) is 1. The van der Waals surface area contributed by atoms with Crippen LogP contribution in [-0.4, -0.2) is 47.8 Å². The summed E-state index contributed by atoms with van der Waals surface area (Å²) in [5.41, 5.74) is 1.07. The summed E-state index contributed by atoms with van der Waals surface area (Å²) >= 11 is 0. The topological polar surface area (TPSA) is 67.9 Å². The molecule has 0 spiro atoms. The molecule has 0 radical (unpaired) electrons. The molecule has 1 aliphatic carbocycles. The molecule has 8 heteroatoms. The van der Waals surface area contributed by atoms with Crippen LogP contribution in [0.15, 0.2) is 24.3 Å². The van der Waals surface area contributed by atoms with Crippen LogP contribution in [0.2, 0.25) is 0 Å². The van der Waals surface area contributed by atoms with E-state index in [4.69, 9.17) is 9.47 Å². The molecule has 2 aliphatic rings. The predicted octanol–water partition coefficient (Wildman–Crippen LogP) is 5.54. The predicted molar refractivity (Wildman–Crippen MR) is 109 cm³/mol. The van der Waals surface area contributed by atoms with E-state index in [1.54, 1.807) is 17.0 Å². The summed E-state index contributed by atoms with van der Waals surface area (Å²) in [4.78, 5) is 25.9. The van der Waals surface area contributed by atoms with Gasteiger partial charge in [-0.15, -0.1) is 0 Å². The first-order valence-corrected chi connectivity index (χ1v) is 10.4. The van der Waals surface area contributed by atoms with Gasteiger partial charge >= 0.3 is 12.2 Å². The highest BCUT2D eigenvalue weighted by Crippen LogP contribution is 2.34. The molecule has 1 N–H and O–H groups in total. The van der Waals surface area contributed by atoms with Gasteiger partial charge in [-0.25, -0.2) is 18.4 Å². The Morgan fingerprint density at radius 1 is 1.17 bits per heavy atom. The average Bonchev–Trinajstić information content (AvgIpc) is 3.10. The number of carbonyl (C=O) groups is 2. The van der Waals surface area contributed by atoms with E-state index >= 15 is 0 Å². The maximum absolute atomic E-state index is 13.4. The molecule has 1 saturated heterocycles. The molecular formula is C22H30F2N2O4. The van der Waals surface area contributed by atoms with Crippen molar-refractivity contribution in [2.45, 2.75) is 76.4 Å². The number of likely N-dealkylation sites (tertiary alicyclic amines) is 1. The highest BCUT2D eigenvalue weighted by molar-refractivity contribution is 5.84. The van der Waals surface area contributed by atoms with Gasteiger partial charge in [-0.2, -0.15) is 0 Å². The first kappa shape index (κ1) is 22.3. The Morgan fingerprint density at radius 3 is 2.50 bits per heavy atom. The number of alkyl halides is 2. The van der Waals surface area contributed by atoms with E-state index in [1.807, 2.05) is 32.9 Å². The standard InChI is InChI=1S/C22H30F2N2O4/c1-21(2,3)30-20(28)26-12-10-16(14-26)15-6-8-17(9-7-15)25-19(27)29-18-5-4-11-22(23,24)13-18/h6-9,16,18H,4-5,10-14H2,1-3H3,(H,25,27). The third-order valence-electron chi connectivity index (χ3n) is 5.34. The van der Waals surface area contributed by atoms with Crippen molar-refractivity contribution in [3.63, 3.8) is 0 Å². The van der Waals surface area contributed by atoms with E-state index in [1.165, 1.54) is 0 Å². The zero-order valence-corrected chi connectivity index (χ0v) is 17.7. The van der Waals surface area contributed by atoms with Crippen LogP contribution in [-0.2, 0) is 9.47 Å². The van der Waals surface area contributed by atoms with Crippen molar-refractivity contribution in [3.05, 3.63) is 29.8 Å². The Bertz CT molecular complexity index is 761. The lowest BCUT2D eigenvalue weighted by atomic mass is 9.94. The fourth-order valence-electron chi connectivity index (χ4n) is 3.89. The van der Waals surface area contributed by atoms with E-state index in [2.05, 4.69) is 5.32 Å². The number of benzene rings is 1. The average molecular weight is 424 g/mol. The van der Waals surface area contributed by atoms with Crippen molar-refractivity contribution in [1.82, 2.24) is 4.90 Å². The van der Waals surface area contributed by atoms with Gasteiger partial charge in [-0.1, -0.05) is 12.1 Å². The minimum atomic E-state index is -2.76. The second kappa shape index (κ2) is 8.78. The Balaban J connectivity index is 1.49. The number of halogens is 2. The zero-order valence-electron chi connectivity index (χ0n) is 17.7. The molecule has 1 aromatic carbocycles. The van der Waals surface area contributed by atoms with E-state index in [9.17, 15) is 18.4 Å². The highest BCUT2D eigenvalue weighted by Gasteiger charge is 2.38. The number of nitrogens with zero attached hydrogens (tertiary/aromatic N) is 1. The van der Waals surface area contributed by atoms with Gasteiger partial charge in [0.2, 0.25) is 0 Å².